The van der Waals surface area contributed by atoms with Crippen LogP contribution in [0.3, 0.4) is 0 Å². The Morgan fingerprint density at radius 1 is 1.20 bits per heavy atom. The Bertz CT molecular complexity index is 457. The molecule has 2 rings (SSSR count). The molecule has 1 aromatic heterocycles. The highest BCUT2D eigenvalue weighted by molar-refractivity contribution is 5.88. The summed E-state index contributed by atoms with van der Waals surface area (Å²) in [5.74, 6) is -0.242. The smallest absolute Gasteiger partial charge is 0.373 e. The second-order valence-corrected chi connectivity index (χ2v) is 3.06. The lowest BCUT2D eigenvalue weighted by atomic mass is 10.1. The van der Waals surface area contributed by atoms with Gasteiger partial charge >= 0.3 is 5.97 Å². The quantitative estimate of drug-likeness (QED) is 0.703. The fourth-order valence-electron chi connectivity index (χ4n) is 1.33. The molecule has 0 N–H and O–H groups in total. The highest BCUT2D eigenvalue weighted by Crippen LogP contribution is 2.21. The van der Waals surface area contributed by atoms with Crippen molar-refractivity contribution in [2.45, 2.75) is 0 Å². The molecule has 15 heavy (non-hydrogen) atoms. The lowest BCUT2D eigenvalue weighted by Crippen LogP contribution is -1.98. The third-order valence-corrected chi connectivity index (χ3v) is 2.09. The Kier molecular flexibility index (Phi) is 2.54. The van der Waals surface area contributed by atoms with E-state index in [0.717, 1.165) is 11.1 Å². The SMILES string of the molecule is COC(=O)c1cc(-c2ccccc2)co1. The molecule has 1 aromatic carbocycles. The van der Waals surface area contributed by atoms with Crippen molar-refractivity contribution in [1.82, 2.24) is 0 Å². The number of furan rings is 1. The van der Waals surface area contributed by atoms with Crippen molar-refractivity contribution >= 4 is 5.97 Å². The maximum atomic E-state index is 11.1. The summed E-state index contributed by atoms with van der Waals surface area (Å²) < 4.78 is 9.65. The molecule has 1 heterocycles. The molecule has 0 bridgehead atoms. The second kappa shape index (κ2) is 4.00. The molecule has 0 aliphatic rings. The molecule has 3 heteroatoms. The minimum Gasteiger partial charge on any atom is -0.463 e. The van der Waals surface area contributed by atoms with Crippen LogP contribution in [0.1, 0.15) is 10.6 Å². The maximum Gasteiger partial charge on any atom is 0.373 e. The number of esters is 1. The number of carbonyl (C=O) groups excluding carboxylic acids is 1. The molecule has 0 saturated carbocycles. The minimum atomic E-state index is -0.461. The molecule has 0 unspecified atom stereocenters. The summed E-state index contributed by atoms with van der Waals surface area (Å²) >= 11 is 0. The lowest BCUT2D eigenvalue weighted by Gasteiger charge is -1.93. The van der Waals surface area contributed by atoms with Crippen LogP contribution in [0.25, 0.3) is 11.1 Å². The van der Waals surface area contributed by atoms with Crippen LogP contribution in [0.4, 0.5) is 0 Å². The number of ether oxygens (including phenoxy) is 1. The van der Waals surface area contributed by atoms with E-state index in [-0.39, 0.29) is 5.76 Å². The zero-order valence-electron chi connectivity index (χ0n) is 8.27. The molecular weight excluding hydrogens is 192 g/mol. The van der Waals surface area contributed by atoms with Crippen molar-refractivity contribution in [1.29, 1.82) is 0 Å². The molecule has 3 nitrogen and oxygen atoms in total. The van der Waals surface area contributed by atoms with Crippen LogP contribution in [0.5, 0.6) is 0 Å². The van der Waals surface area contributed by atoms with Crippen molar-refractivity contribution in [2.24, 2.45) is 0 Å². The molecule has 0 radical (unpaired) electrons. The van der Waals surface area contributed by atoms with Gasteiger partial charge in [-0.3, -0.25) is 0 Å². The number of benzene rings is 1. The average Bonchev–Trinajstić information content (AvgIpc) is 2.78. The van der Waals surface area contributed by atoms with Gasteiger partial charge in [0.1, 0.15) is 0 Å². The van der Waals surface area contributed by atoms with Gasteiger partial charge in [-0.05, 0) is 11.6 Å². The minimum absolute atomic E-state index is 0.219. The molecule has 0 saturated heterocycles. The molecule has 0 spiro atoms. The zero-order chi connectivity index (χ0) is 10.7. The van der Waals surface area contributed by atoms with Crippen LogP contribution in [0.2, 0.25) is 0 Å². The van der Waals surface area contributed by atoms with Crippen LogP contribution in [-0.2, 0) is 4.74 Å². The third-order valence-electron chi connectivity index (χ3n) is 2.09. The van der Waals surface area contributed by atoms with Crippen LogP contribution in [0, 0.1) is 0 Å². The van der Waals surface area contributed by atoms with E-state index in [0.29, 0.717) is 0 Å². The zero-order valence-corrected chi connectivity index (χ0v) is 8.27. The van der Waals surface area contributed by atoms with Crippen molar-refractivity contribution in [3.8, 4) is 11.1 Å². The van der Waals surface area contributed by atoms with Crippen molar-refractivity contribution < 1.29 is 13.9 Å². The Morgan fingerprint density at radius 3 is 2.60 bits per heavy atom. The van der Waals surface area contributed by atoms with E-state index in [9.17, 15) is 4.79 Å². The normalized spacial score (nSPS) is 9.93. The van der Waals surface area contributed by atoms with Gasteiger partial charge in [-0.1, -0.05) is 30.3 Å². The Hall–Kier alpha value is -2.03. The van der Waals surface area contributed by atoms with Crippen LogP contribution >= 0.6 is 0 Å². The predicted molar refractivity (Wildman–Crippen MR) is 55.5 cm³/mol. The number of hydrogen-bond donors (Lipinski definition) is 0. The Morgan fingerprint density at radius 2 is 1.93 bits per heavy atom. The summed E-state index contributed by atoms with van der Waals surface area (Å²) in [6.45, 7) is 0. The average molecular weight is 202 g/mol. The molecule has 2 aromatic rings. The van der Waals surface area contributed by atoms with Gasteiger partial charge in [0.25, 0.3) is 0 Å². The van der Waals surface area contributed by atoms with Gasteiger partial charge in [-0.25, -0.2) is 4.79 Å². The van der Waals surface area contributed by atoms with E-state index in [2.05, 4.69) is 4.74 Å². The van der Waals surface area contributed by atoms with Gasteiger partial charge < -0.3 is 9.15 Å². The summed E-state index contributed by atoms with van der Waals surface area (Å²) in [5, 5.41) is 0. The van der Waals surface area contributed by atoms with Crippen LogP contribution in [-0.4, -0.2) is 13.1 Å². The molecule has 0 atom stereocenters. The summed E-state index contributed by atoms with van der Waals surface area (Å²) in [6.07, 6.45) is 1.54. The largest absolute Gasteiger partial charge is 0.463 e. The van der Waals surface area contributed by atoms with Gasteiger partial charge in [0, 0.05) is 5.56 Å². The fraction of sp³-hybridized carbons (Fsp3) is 0.0833. The van der Waals surface area contributed by atoms with Crippen LogP contribution in [0.15, 0.2) is 47.1 Å². The molecule has 0 aliphatic carbocycles. The molecule has 0 amide bonds. The Balaban J connectivity index is 2.32. The van der Waals surface area contributed by atoms with E-state index >= 15 is 0 Å². The first-order chi connectivity index (χ1) is 7.31. The highest BCUT2D eigenvalue weighted by atomic mass is 16.5. The van der Waals surface area contributed by atoms with E-state index in [1.165, 1.54) is 7.11 Å². The summed E-state index contributed by atoms with van der Waals surface area (Å²) in [4.78, 5) is 11.1. The standard InChI is InChI=1S/C12H10O3/c1-14-12(13)11-7-10(8-15-11)9-5-3-2-4-6-9/h2-8H,1H3. The van der Waals surface area contributed by atoms with Crippen molar-refractivity contribution in [3.63, 3.8) is 0 Å². The Labute approximate surface area is 87.3 Å². The second-order valence-electron chi connectivity index (χ2n) is 3.06. The summed E-state index contributed by atoms with van der Waals surface area (Å²) in [6, 6.07) is 11.4. The van der Waals surface area contributed by atoms with Gasteiger partial charge in [-0.15, -0.1) is 0 Å². The van der Waals surface area contributed by atoms with Gasteiger partial charge in [0.05, 0.1) is 13.4 Å². The number of hydrogen-bond acceptors (Lipinski definition) is 3. The van der Waals surface area contributed by atoms with Gasteiger partial charge in [0.2, 0.25) is 5.76 Å². The van der Waals surface area contributed by atoms with E-state index in [1.54, 1.807) is 12.3 Å². The monoisotopic (exact) mass is 202 g/mol. The fourth-order valence-corrected chi connectivity index (χ4v) is 1.33. The predicted octanol–water partition coefficient (Wildman–Crippen LogP) is 2.73. The number of rotatable bonds is 2. The van der Waals surface area contributed by atoms with Gasteiger partial charge in [0.15, 0.2) is 0 Å². The molecule has 0 fully saturated rings. The topological polar surface area (TPSA) is 39.4 Å². The number of methoxy groups -OCH3 is 1. The molecule has 0 aliphatic heterocycles. The molecular formula is C12H10O3. The van der Waals surface area contributed by atoms with Crippen LogP contribution < -0.4 is 0 Å². The molecule has 76 valence electrons. The van der Waals surface area contributed by atoms with Crippen molar-refractivity contribution in [3.05, 3.63) is 48.4 Å². The summed E-state index contributed by atoms with van der Waals surface area (Å²) in [5.41, 5.74) is 1.88. The first-order valence-corrected chi connectivity index (χ1v) is 4.53. The van der Waals surface area contributed by atoms with Gasteiger partial charge in [-0.2, -0.15) is 0 Å². The summed E-state index contributed by atoms with van der Waals surface area (Å²) in [7, 11) is 1.33. The van der Waals surface area contributed by atoms with E-state index in [4.69, 9.17) is 4.42 Å². The van der Waals surface area contributed by atoms with E-state index < -0.39 is 5.97 Å². The first-order valence-electron chi connectivity index (χ1n) is 4.53. The van der Waals surface area contributed by atoms with Crippen molar-refractivity contribution in [2.75, 3.05) is 7.11 Å². The third kappa shape index (κ3) is 1.91. The van der Waals surface area contributed by atoms with E-state index in [1.807, 2.05) is 30.3 Å². The number of carbonyl (C=O) groups is 1. The maximum absolute atomic E-state index is 11.1. The highest BCUT2D eigenvalue weighted by Gasteiger charge is 2.11. The first kappa shape index (κ1) is 9.52. The lowest BCUT2D eigenvalue weighted by molar-refractivity contribution is 0.0565.